The van der Waals surface area contributed by atoms with Crippen molar-refractivity contribution in [2.45, 2.75) is 102 Å². The van der Waals surface area contributed by atoms with Gasteiger partial charge in [-0.1, -0.05) is 78.2 Å². The van der Waals surface area contributed by atoms with Crippen LogP contribution >= 0.6 is 0 Å². The fourth-order valence-electron chi connectivity index (χ4n) is 7.64. The molecule has 3 aliphatic rings. The molecular weight excluding hydrogens is 659 g/mol. The summed E-state index contributed by atoms with van der Waals surface area (Å²) in [5, 5.41) is 10.9. The lowest BCUT2D eigenvalue weighted by Gasteiger charge is -2.40. The van der Waals surface area contributed by atoms with Crippen LogP contribution in [0.4, 0.5) is 4.79 Å². The van der Waals surface area contributed by atoms with Gasteiger partial charge in [-0.05, 0) is 47.6 Å². The Labute approximate surface area is 295 Å². The van der Waals surface area contributed by atoms with E-state index in [1.807, 2.05) is 13.8 Å². The van der Waals surface area contributed by atoms with E-state index in [-0.39, 0.29) is 47.4 Å². The first-order valence-corrected chi connectivity index (χ1v) is 18.9. The number of Topliss-reactive ketones (excluding diaryl/α,β-unsaturated/α-hetero) is 1. The molecule has 1 unspecified atom stereocenters. The number of carbonyl (C=O) groups is 5. The van der Waals surface area contributed by atoms with Crippen molar-refractivity contribution in [1.29, 1.82) is 0 Å². The summed E-state index contributed by atoms with van der Waals surface area (Å²) in [7, 11) is -3.74. The Hall–Kier alpha value is -4.18. The van der Waals surface area contributed by atoms with Gasteiger partial charge in [-0.3, -0.25) is 19.2 Å². The van der Waals surface area contributed by atoms with E-state index in [0.717, 1.165) is 19.3 Å². The first-order valence-electron chi connectivity index (χ1n) is 17.2. The number of likely N-dealkylation sites (tertiary alicyclic amines) is 1. The monoisotopic (exact) mass is 709 g/mol. The van der Waals surface area contributed by atoms with Crippen LogP contribution in [0, 0.1) is 35.0 Å². The number of rotatable bonds is 13. The van der Waals surface area contributed by atoms with Gasteiger partial charge in [0.1, 0.15) is 18.1 Å². The number of benzene rings is 1. The Morgan fingerprint density at radius 3 is 2.28 bits per heavy atom. The minimum absolute atomic E-state index is 0.00280. The summed E-state index contributed by atoms with van der Waals surface area (Å²) in [5.41, 5.74) is -2.09. The van der Waals surface area contributed by atoms with Gasteiger partial charge < -0.3 is 26.2 Å². The van der Waals surface area contributed by atoms with Crippen LogP contribution < -0.4 is 21.3 Å². The number of nitrogens with zero attached hydrogens (tertiary/aromatic N) is 1. The van der Waals surface area contributed by atoms with Crippen LogP contribution in [0.3, 0.4) is 0 Å². The zero-order valence-electron chi connectivity index (χ0n) is 29.7. The number of piperidine rings is 1. The molecule has 2 aliphatic carbocycles. The fourth-order valence-corrected chi connectivity index (χ4v) is 9.47. The van der Waals surface area contributed by atoms with Crippen molar-refractivity contribution < 1.29 is 32.4 Å². The quantitative estimate of drug-likeness (QED) is 0.139. The van der Waals surface area contributed by atoms with Gasteiger partial charge in [0.2, 0.25) is 17.6 Å². The summed E-state index contributed by atoms with van der Waals surface area (Å²) in [5.74, 6) is -1.05. The largest absolute Gasteiger partial charge is 0.346 e. The summed E-state index contributed by atoms with van der Waals surface area (Å²) in [6.45, 7) is 13.2. The molecule has 1 aromatic carbocycles. The number of sulfone groups is 1. The second kappa shape index (κ2) is 15.0. The highest BCUT2D eigenvalue weighted by Crippen LogP contribution is 2.65. The van der Waals surface area contributed by atoms with Crippen LogP contribution in [0.1, 0.15) is 73.1 Å². The van der Waals surface area contributed by atoms with Gasteiger partial charge >= 0.3 is 6.03 Å². The average Bonchev–Trinajstić information content (AvgIpc) is 3.36. The molecule has 4 rings (SSSR count). The summed E-state index contributed by atoms with van der Waals surface area (Å²) >= 11 is 0. The molecule has 1 aromatic rings. The van der Waals surface area contributed by atoms with E-state index in [9.17, 15) is 32.4 Å². The Bertz CT molecular complexity index is 1640. The molecule has 50 heavy (non-hydrogen) atoms. The first kappa shape index (κ1) is 38.6. The lowest BCUT2D eigenvalue weighted by atomic mass is 9.83. The van der Waals surface area contributed by atoms with Crippen molar-refractivity contribution in [2.75, 3.05) is 18.8 Å². The molecule has 272 valence electrons. The standard InChI is InChI=1S/C37H51N5O7S/c1-8-16-26(29(43)32(45)38-21-9-2)39-31(44)28-27-25(36(27,6)7)22-42(28)33(46)30(35(3,4)5)40-34(47)41-37(19-14-11-15-20-37)23-50(48,49)24-17-12-10-13-18-24/h1,9-10,12-13,17-18,25-28,30H,2,11,14-16,19-23H2,3-7H3,(H,38,45)(H,39,44)(H2,40,41,47)/t25-,26?,27-,28-,30+/m0/s1. The van der Waals surface area contributed by atoms with Crippen LogP contribution in [0.2, 0.25) is 0 Å². The Kier molecular flexibility index (Phi) is 11.6. The van der Waals surface area contributed by atoms with Crippen molar-refractivity contribution in [2.24, 2.45) is 22.7 Å². The molecule has 12 nitrogen and oxygen atoms in total. The highest BCUT2D eigenvalue weighted by atomic mass is 32.2. The van der Waals surface area contributed by atoms with Gasteiger partial charge in [0.15, 0.2) is 9.84 Å². The molecule has 5 atom stereocenters. The van der Waals surface area contributed by atoms with E-state index in [1.54, 1.807) is 39.0 Å². The SMILES string of the molecule is C#CCC(NC(=O)[C@@H]1[C@@H]2[C@H](CN1C(=O)[C@@H](NC(=O)NC1(CS(=O)(=O)c3ccccc3)CCCCC1)C(C)(C)C)C2(C)C)C(=O)C(=O)NCC=C. The van der Waals surface area contributed by atoms with Crippen molar-refractivity contribution in [3.8, 4) is 12.3 Å². The minimum Gasteiger partial charge on any atom is -0.346 e. The summed E-state index contributed by atoms with van der Waals surface area (Å²) in [6.07, 6.45) is 10.0. The molecule has 5 amide bonds. The number of ketones is 1. The molecule has 0 aromatic heterocycles. The highest BCUT2D eigenvalue weighted by Gasteiger charge is 2.70. The molecule has 0 spiro atoms. The van der Waals surface area contributed by atoms with E-state index in [1.165, 1.54) is 23.1 Å². The maximum absolute atomic E-state index is 14.4. The van der Waals surface area contributed by atoms with Crippen molar-refractivity contribution in [1.82, 2.24) is 26.2 Å². The second-order valence-electron chi connectivity index (χ2n) is 15.5. The Morgan fingerprint density at radius 2 is 1.70 bits per heavy atom. The fraction of sp³-hybridized carbons (Fsp3) is 0.595. The minimum atomic E-state index is -3.74. The van der Waals surface area contributed by atoms with Gasteiger partial charge in [-0.25, -0.2) is 13.2 Å². The smallest absolute Gasteiger partial charge is 0.315 e. The predicted octanol–water partition coefficient (Wildman–Crippen LogP) is 2.74. The lowest BCUT2D eigenvalue weighted by Crippen LogP contribution is -2.63. The molecule has 4 N–H and O–H groups in total. The second-order valence-corrected chi connectivity index (χ2v) is 17.5. The van der Waals surface area contributed by atoms with Crippen LogP contribution in [-0.2, 0) is 29.0 Å². The van der Waals surface area contributed by atoms with Gasteiger partial charge in [-0.2, -0.15) is 0 Å². The zero-order chi connectivity index (χ0) is 37.1. The van der Waals surface area contributed by atoms with Crippen LogP contribution in [0.15, 0.2) is 47.9 Å². The number of carbonyl (C=O) groups excluding carboxylic acids is 5. The highest BCUT2D eigenvalue weighted by molar-refractivity contribution is 7.91. The van der Waals surface area contributed by atoms with E-state index < -0.39 is 68.5 Å². The number of fused-ring (bicyclic) bond motifs is 1. The number of nitrogens with one attached hydrogen (secondary N) is 4. The molecule has 1 aliphatic heterocycles. The van der Waals surface area contributed by atoms with Crippen LogP contribution in [-0.4, -0.2) is 85.4 Å². The Balaban J connectivity index is 1.55. The normalized spacial score (nSPS) is 23.2. The summed E-state index contributed by atoms with van der Waals surface area (Å²) in [6, 6.07) is 4.11. The summed E-state index contributed by atoms with van der Waals surface area (Å²) in [4.78, 5) is 69.1. The number of terminal acetylenes is 1. The molecular formula is C37H51N5O7S. The third-order valence-electron chi connectivity index (χ3n) is 10.5. The summed E-state index contributed by atoms with van der Waals surface area (Å²) < 4.78 is 26.9. The molecule has 13 heteroatoms. The van der Waals surface area contributed by atoms with Gasteiger partial charge in [0.25, 0.3) is 5.91 Å². The van der Waals surface area contributed by atoms with Crippen LogP contribution in [0.25, 0.3) is 0 Å². The maximum Gasteiger partial charge on any atom is 0.315 e. The molecule has 2 saturated carbocycles. The number of urea groups is 1. The van der Waals surface area contributed by atoms with E-state index in [2.05, 4.69) is 33.8 Å². The maximum atomic E-state index is 14.4. The average molecular weight is 710 g/mol. The lowest BCUT2D eigenvalue weighted by molar-refractivity contribution is -0.145. The van der Waals surface area contributed by atoms with Crippen molar-refractivity contribution in [3.05, 3.63) is 43.0 Å². The van der Waals surface area contributed by atoms with Gasteiger partial charge in [0.05, 0.1) is 16.2 Å². The van der Waals surface area contributed by atoms with E-state index >= 15 is 0 Å². The van der Waals surface area contributed by atoms with Gasteiger partial charge in [-0.15, -0.1) is 18.9 Å². The molecule has 3 fully saturated rings. The molecule has 1 saturated heterocycles. The number of hydrogen-bond acceptors (Lipinski definition) is 7. The topological polar surface area (TPSA) is 171 Å². The molecule has 1 heterocycles. The molecule has 0 bridgehead atoms. The van der Waals surface area contributed by atoms with Gasteiger partial charge in [0, 0.05) is 19.5 Å². The predicted molar refractivity (Wildman–Crippen MR) is 189 cm³/mol. The Morgan fingerprint density at radius 1 is 1.06 bits per heavy atom. The zero-order valence-corrected chi connectivity index (χ0v) is 30.5. The van der Waals surface area contributed by atoms with E-state index in [4.69, 9.17) is 6.42 Å². The first-order chi connectivity index (χ1) is 23.4. The van der Waals surface area contributed by atoms with Crippen LogP contribution in [0.5, 0.6) is 0 Å². The van der Waals surface area contributed by atoms with Crippen molar-refractivity contribution >= 4 is 39.4 Å². The third-order valence-corrected chi connectivity index (χ3v) is 12.4. The van der Waals surface area contributed by atoms with Crippen molar-refractivity contribution in [3.63, 3.8) is 0 Å². The molecule has 0 radical (unpaired) electrons. The van der Waals surface area contributed by atoms with E-state index in [0.29, 0.717) is 12.8 Å². The number of amides is 5. The number of hydrogen-bond donors (Lipinski definition) is 4. The third kappa shape index (κ3) is 8.40.